The fourth-order valence-corrected chi connectivity index (χ4v) is 3.71. The first kappa shape index (κ1) is 17.5. The van der Waals surface area contributed by atoms with Gasteiger partial charge < -0.3 is 0 Å². The maximum atomic E-state index is 6.13. The molecule has 2 aliphatic rings. The number of nitrogens with zero attached hydrogens (tertiary/aromatic N) is 2. The van der Waals surface area contributed by atoms with Crippen molar-refractivity contribution < 1.29 is 26.7 Å². The molecule has 0 bridgehead atoms. The second-order valence-electron chi connectivity index (χ2n) is 7.99. The fraction of sp³-hybridized carbons (Fsp3) is 0.500. The molecule has 0 saturated carbocycles. The van der Waals surface area contributed by atoms with Crippen LogP contribution >= 0.6 is 0 Å². The fourth-order valence-electron chi connectivity index (χ4n) is 2.23. The summed E-state index contributed by atoms with van der Waals surface area (Å²) in [5, 5.41) is 0. The summed E-state index contributed by atoms with van der Waals surface area (Å²) in [5.74, 6) is 2.36. The van der Waals surface area contributed by atoms with E-state index in [2.05, 4.69) is 39.3 Å². The summed E-state index contributed by atoms with van der Waals surface area (Å²) in [6, 6.07) is 3.53. The monoisotopic (exact) mass is 356 g/mol. The summed E-state index contributed by atoms with van der Waals surface area (Å²) in [6.45, 7) is 12.7. The second kappa shape index (κ2) is 5.62. The van der Waals surface area contributed by atoms with Gasteiger partial charge in [-0.05, 0) is 0 Å². The van der Waals surface area contributed by atoms with Gasteiger partial charge in [-0.25, -0.2) is 0 Å². The van der Waals surface area contributed by atoms with Crippen molar-refractivity contribution in [2.24, 2.45) is 0 Å². The van der Waals surface area contributed by atoms with Crippen LogP contribution in [0.1, 0.15) is 0 Å². The van der Waals surface area contributed by atoms with Gasteiger partial charge in [0.15, 0.2) is 0 Å². The Bertz CT molecular complexity index is 643. The van der Waals surface area contributed by atoms with Gasteiger partial charge in [-0.3, -0.25) is 0 Å². The van der Waals surface area contributed by atoms with Gasteiger partial charge >= 0.3 is 147 Å². The Labute approximate surface area is 147 Å². The van der Waals surface area contributed by atoms with Crippen LogP contribution in [0, 0.1) is 0 Å². The first-order valence-corrected chi connectivity index (χ1v) is 14.8. The van der Waals surface area contributed by atoms with E-state index in [0.717, 1.165) is 0 Å². The molecular weight excluding hydrogens is 336 g/mol. The van der Waals surface area contributed by atoms with E-state index in [-0.39, 0.29) is 0 Å². The molecule has 2 heterocycles. The van der Waals surface area contributed by atoms with Gasteiger partial charge in [-0.15, -0.1) is 0 Å². The summed E-state index contributed by atoms with van der Waals surface area (Å²) in [6.07, 6.45) is 0. The molecule has 2 radical (unpaired) electrons. The Morgan fingerprint density at radius 2 is 0.917 bits per heavy atom. The zero-order chi connectivity index (χ0) is 17.9. The second-order valence-corrected chi connectivity index (χ2v) is 17.7. The first-order chi connectivity index (χ1) is 11.0. The third-order valence-electron chi connectivity index (χ3n) is 3.92. The van der Waals surface area contributed by atoms with Gasteiger partial charge in [0, 0.05) is 0 Å². The molecule has 0 spiro atoms. The Kier molecular flexibility index (Phi) is 4.11. The minimum atomic E-state index is -1.75. The van der Waals surface area contributed by atoms with Crippen molar-refractivity contribution in [3.8, 4) is 23.0 Å². The van der Waals surface area contributed by atoms with Crippen LogP contribution in [0.4, 0.5) is 0 Å². The molecule has 0 amide bonds. The van der Waals surface area contributed by atoms with Crippen LogP contribution in [-0.2, 0) is 0 Å². The Hall–Kier alpha value is -1.29. The molecule has 0 fully saturated rings. The number of hydrogen-bond donors (Lipinski definition) is 0. The van der Waals surface area contributed by atoms with Crippen LogP contribution in [-0.4, -0.2) is 54.4 Å². The molecule has 0 aliphatic carbocycles. The molecule has 3 rings (SSSR count). The van der Waals surface area contributed by atoms with Crippen LogP contribution in [0.2, 0.25) is 39.3 Å². The van der Waals surface area contributed by atoms with Crippen LogP contribution in [0.25, 0.3) is 0 Å². The molecule has 6 nitrogen and oxygen atoms in total. The summed E-state index contributed by atoms with van der Waals surface area (Å²) < 4.78 is 26.6. The Balaban J connectivity index is 1.78. The zero-order valence-corrected chi connectivity index (χ0v) is 17.0. The topological polar surface area (TPSA) is 42.9 Å². The normalized spacial score (nSPS) is 15.7. The molecule has 120 valence electrons. The van der Waals surface area contributed by atoms with E-state index in [4.69, 9.17) is 33.9 Å². The SMILES string of the molecule is [B]=[N+](B1Oc2cc3c(cc2O1)OB([N+](=[B])[Si](C)(C)C)O3)[Si](C)(C)C. The van der Waals surface area contributed by atoms with E-state index in [0.29, 0.717) is 23.0 Å². The van der Waals surface area contributed by atoms with Gasteiger partial charge in [-0.2, -0.15) is 0 Å². The summed E-state index contributed by atoms with van der Waals surface area (Å²) >= 11 is 0. The number of hydrogen-bond acceptors (Lipinski definition) is 4. The van der Waals surface area contributed by atoms with Gasteiger partial charge in [-0.1, -0.05) is 0 Å². The third kappa shape index (κ3) is 3.13. The molecule has 1 aromatic rings. The van der Waals surface area contributed by atoms with E-state index < -0.39 is 31.0 Å². The molecule has 0 aromatic heterocycles. The standard InChI is InChI=1S/C12H20B4N2O4Si2/c1-23(2,3)17(13)15-19-9-7-11-12(8-10(9)20-15)22-16(21-11)18(14)24(4,5)6/h7-8H,1-6H3/q+2. The van der Waals surface area contributed by atoms with Gasteiger partial charge in [0.2, 0.25) is 0 Å². The number of benzene rings is 1. The molecule has 12 heteroatoms. The molecular formula is C12H20B4N2O4Si2+2. The van der Waals surface area contributed by atoms with Crippen LogP contribution < -0.4 is 18.6 Å². The summed E-state index contributed by atoms with van der Waals surface area (Å²) in [7, 11) is 7.50. The van der Waals surface area contributed by atoms with Crippen molar-refractivity contribution in [3.05, 3.63) is 12.1 Å². The summed E-state index contributed by atoms with van der Waals surface area (Å²) in [4.78, 5) is 0. The average Bonchev–Trinajstić information content (AvgIpc) is 3.03. The molecule has 0 saturated heterocycles. The molecule has 24 heavy (non-hydrogen) atoms. The van der Waals surface area contributed by atoms with Gasteiger partial charge in [0.05, 0.1) is 0 Å². The summed E-state index contributed by atoms with van der Waals surface area (Å²) in [5.41, 5.74) is 0. The average molecular weight is 356 g/mol. The van der Waals surface area contributed by atoms with E-state index in [9.17, 15) is 0 Å². The molecule has 1 aromatic carbocycles. The van der Waals surface area contributed by atoms with Crippen molar-refractivity contribution in [1.29, 1.82) is 0 Å². The minimum absolute atomic E-state index is 0.591. The zero-order valence-electron chi connectivity index (χ0n) is 15.0. The van der Waals surface area contributed by atoms with Crippen LogP contribution in [0.3, 0.4) is 0 Å². The number of fused-ring (bicyclic) bond motifs is 2. The van der Waals surface area contributed by atoms with Crippen molar-refractivity contribution in [3.63, 3.8) is 0 Å². The molecule has 0 atom stereocenters. The van der Waals surface area contributed by atoms with E-state index in [1.165, 1.54) is 0 Å². The predicted molar refractivity (Wildman–Crippen MR) is 99.2 cm³/mol. The Morgan fingerprint density at radius 1 is 0.667 bits per heavy atom. The van der Waals surface area contributed by atoms with Crippen LogP contribution in [0.15, 0.2) is 12.1 Å². The van der Waals surface area contributed by atoms with Crippen molar-refractivity contribution in [2.45, 2.75) is 39.3 Å². The third-order valence-corrected chi connectivity index (χ3v) is 7.44. The predicted octanol–water partition coefficient (Wildman–Crippen LogP) is 1.60. The van der Waals surface area contributed by atoms with Crippen molar-refractivity contribution in [1.82, 2.24) is 0 Å². The van der Waals surface area contributed by atoms with Crippen LogP contribution in [0.5, 0.6) is 23.0 Å². The molecule has 0 N–H and O–H groups in total. The quantitative estimate of drug-likeness (QED) is 0.770. The van der Waals surface area contributed by atoms with Gasteiger partial charge in [0.1, 0.15) is 0 Å². The van der Waals surface area contributed by atoms with Gasteiger partial charge in [0.25, 0.3) is 0 Å². The molecule has 0 unspecified atom stereocenters. The van der Waals surface area contributed by atoms with E-state index in [1.807, 2.05) is 0 Å². The number of rotatable bonds is 4. The van der Waals surface area contributed by atoms with Crippen molar-refractivity contribution >= 4 is 46.3 Å². The van der Waals surface area contributed by atoms with E-state index in [1.54, 1.807) is 20.2 Å². The maximum absolute atomic E-state index is 6.13. The Morgan fingerprint density at radius 3 is 1.12 bits per heavy atom. The van der Waals surface area contributed by atoms with Crippen molar-refractivity contribution in [2.75, 3.05) is 0 Å². The first-order valence-electron chi connectivity index (χ1n) is 7.89. The van der Waals surface area contributed by atoms with E-state index >= 15 is 0 Å². The molecule has 2 aliphatic heterocycles.